The van der Waals surface area contributed by atoms with Gasteiger partial charge in [-0.25, -0.2) is 0 Å². The molecule has 0 aromatic rings. The molecule has 0 amide bonds. The highest BCUT2D eigenvalue weighted by atomic mass is 16.5. The average Bonchev–Trinajstić information content (AvgIpc) is 3.13. The van der Waals surface area contributed by atoms with E-state index < -0.39 is 0 Å². The average molecular weight is 727 g/mol. The lowest BCUT2D eigenvalue weighted by Gasteiger charge is -2.05. The van der Waals surface area contributed by atoms with E-state index in [9.17, 15) is 0 Å². The molecule has 0 spiro atoms. The fourth-order valence-electron chi connectivity index (χ4n) is 6.97. The predicted molar refractivity (Wildman–Crippen MR) is 233 cm³/mol. The lowest BCUT2D eigenvalue weighted by atomic mass is 10.1. The van der Waals surface area contributed by atoms with Crippen LogP contribution >= 0.6 is 0 Å². The molecule has 0 fully saturated rings. The van der Waals surface area contributed by atoms with Crippen molar-refractivity contribution in [3.63, 3.8) is 0 Å². The molecule has 0 rings (SSSR count). The van der Waals surface area contributed by atoms with Crippen molar-refractivity contribution in [2.24, 2.45) is 0 Å². The molecule has 0 unspecified atom stereocenters. The summed E-state index contributed by atoms with van der Waals surface area (Å²) in [6.07, 6.45) is 56.3. The fourth-order valence-corrected chi connectivity index (χ4v) is 6.97. The lowest BCUT2D eigenvalue weighted by molar-refractivity contribution is 0.125. The maximum atomic E-state index is 5.78. The molecule has 51 heavy (non-hydrogen) atoms. The van der Waals surface area contributed by atoms with Crippen LogP contribution in [0.2, 0.25) is 0 Å². The number of hydrogen-bond acceptors (Lipinski definition) is 2. The summed E-state index contributed by atoms with van der Waals surface area (Å²) in [5.41, 5.74) is 0. The van der Waals surface area contributed by atoms with Gasteiger partial charge in [0, 0.05) is 26.4 Å². The largest absolute Gasteiger partial charge is 0.412 e. The van der Waals surface area contributed by atoms with Crippen LogP contribution in [0.15, 0.2) is 0 Å². The molecule has 0 heterocycles. The summed E-state index contributed by atoms with van der Waals surface area (Å²) in [5, 5.41) is 0. The van der Waals surface area contributed by atoms with Crippen LogP contribution in [-0.4, -0.2) is 31.9 Å². The maximum absolute atomic E-state index is 5.78. The SMILES string of the molecule is CCCCCCCCCCCCOCCCCCCCCCCCC.CCCCCCCCCCCCOCCCCCCCCCCCC.O. The Morgan fingerprint density at radius 2 is 0.294 bits per heavy atom. The number of ether oxygens (including phenoxy) is 2. The van der Waals surface area contributed by atoms with Gasteiger partial charge in [0.1, 0.15) is 0 Å². The minimum atomic E-state index is 0. The van der Waals surface area contributed by atoms with E-state index in [-0.39, 0.29) is 5.48 Å². The molecule has 0 bridgehead atoms. The van der Waals surface area contributed by atoms with Gasteiger partial charge in [0.25, 0.3) is 0 Å². The Balaban J connectivity index is -0.000000886. The van der Waals surface area contributed by atoms with Crippen molar-refractivity contribution in [3.8, 4) is 0 Å². The molecule has 0 saturated carbocycles. The molecule has 312 valence electrons. The molecule has 0 aliphatic carbocycles. The van der Waals surface area contributed by atoms with Gasteiger partial charge in [0.2, 0.25) is 0 Å². The summed E-state index contributed by atoms with van der Waals surface area (Å²) in [6.45, 7) is 13.1. The third-order valence-corrected chi connectivity index (χ3v) is 10.6. The van der Waals surface area contributed by atoms with Crippen LogP contribution in [0.5, 0.6) is 0 Å². The van der Waals surface area contributed by atoms with Gasteiger partial charge in [-0.2, -0.15) is 0 Å². The third kappa shape index (κ3) is 59.4. The summed E-state index contributed by atoms with van der Waals surface area (Å²) >= 11 is 0. The first-order valence-corrected chi connectivity index (χ1v) is 24.0. The van der Waals surface area contributed by atoms with E-state index in [2.05, 4.69) is 27.7 Å². The van der Waals surface area contributed by atoms with Crippen molar-refractivity contribution >= 4 is 0 Å². The zero-order valence-electron chi connectivity index (χ0n) is 36.4. The zero-order valence-corrected chi connectivity index (χ0v) is 36.4. The minimum absolute atomic E-state index is 0. The maximum Gasteiger partial charge on any atom is 0.0466 e. The third-order valence-electron chi connectivity index (χ3n) is 10.6. The Morgan fingerprint density at radius 1 is 0.176 bits per heavy atom. The first-order valence-electron chi connectivity index (χ1n) is 24.0. The number of hydrogen-bond donors (Lipinski definition) is 0. The summed E-state index contributed by atoms with van der Waals surface area (Å²) in [5.74, 6) is 0. The Kier molecular flexibility index (Phi) is 61.3. The monoisotopic (exact) mass is 727 g/mol. The van der Waals surface area contributed by atoms with Crippen LogP contribution in [0.1, 0.15) is 285 Å². The second kappa shape index (κ2) is 56.6. The molecular formula is C48H102O3. The van der Waals surface area contributed by atoms with Gasteiger partial charge in [-0.05, 0) is 25.7 Å². The van der Waals surface area contributed by atoms with Crippen LogP contribution in [0.3, 0.4) is 0 Å². The molecule has 3 nitrogen and oxygen atoms in total. The van der Waals surface area contributed by atoms with Crippen LogP contribution in [0, 0.1) is 0 Å². The molecule has 3 heteroatoms. The molecule has 0 aliphatic heterocycles. The van der Waals surface area contributed by atoms with Gasteiger partial charge in [-0.3, -0.25) is 0 Å². The van der Waals surface area contributed by atoms with E-state index in [0.29, 0.717) is 0 Å². The Hall–Kier alpha value is -0.120. The zero-order chi connectivity index (χ0) is 36.5. The van der Waals surface area contributed by atoms with Gasteiger partial charge in [0.15, 0.2) is 0 Å². The standard InChI is InChI=1S/2C24H50O.H2O/c2*1-3-5-7-9-11-13-15-17-19-21-23-25-24-22-20-18-16-14-12-10-8-6-4-2;/h2*3-24H2,1-2H3;1H2. The molecule has 0 aromatic heterocycles. The summed E-state index contributed by atoms with van der Waals surface area (Å²) in [7, 11) is 0. The van der Waals surface area contributed by atoms with Crippen molar-refractivity contribution in [1.29, 1.82) is 0 Å². The van der Waals surface area contributed by atoms with Gasteiger partial charge in [0.05, 0.1) is 0 Å². The molecule has 0 radical (unpaired) electrons. The smallest absolute Gasteiger partial charge is 0.0466 e. The molecule has 2 N–H and O–H groups in total. The first kappa shape index (κ1) is 55.2. The molecule has 0 aliphatic rings. The van der Waals surface area contributed by atoms with Crippen LogP contribution in [0.4, 0.5) is 0 Å². The van der Waals surface area contributed by atoms with Crippen molar-refractivity contribution in [2.45, 2.75) is 285 Å². The molecule has 0 aromatic carbocycles. The van der Waals surface area contributed by atoms with Gasteiger partial charge in [-0.15, -0.1) is 0 Å². The quantitative estimate of drug-likeness (QED) is 0.0587. The van der Waals surface area contributed by atoms with E-state index in [0.717, 1.165) is 26.4 Å². The first-order chi connectivity index (χ1) is 24.8. The van der Waals surface area contributed by atoms with E-state index in [4.69, 9.17) is 9.47 Å². The van der Waals surface area contributed by atoms with Crippen molar-refractivity contribution in [3.05, 3.63) is 0 Å². The highest BCUT2D eigenvalue weighted by molar-refractivity contribution is 4.51. The lowest BCUT2D eigenvalue weighted by Crippen LogP contribution is -1.97. The van der Waals surface area contributed by atoms with Crippen molar-refractivity contribution in [1.82, 2.24) is 0 Å². The minimum Gasteiger partial charge on any atom is -0.412 e. The molecule has 0 saturated heterocycles. The fraction of sp³-hybridized carbons (Fsp3) is 1.00. The van der Waals surface area contributed by atoms with E-state index in [1.165, 1.54) is 257 Å². The van der Waals surface area contributed by atoms with E-state index >= 15 is 0 Å². The topological polar surface area (TPSA) is 50.0 Å². The summed E-state index contributed by atoms with van der Waals surface area (Å²) in [4.78, 5) is 0. The Bertz CT molecular complexity index is 435. The second-order valence-electron chi connectivity index (χ2n) is 16.0. The number of rotatable bonds is 44. The van der Waals surface area contributed by atoms with Crippen molar-refractivity contribution in [2.75, 3.05) is 26.4 Å². The van der Waals surface area contributed by atoms with E-state index in [1.54, 1.807) is 0 Å². The highest BCUT2D eigenvalue weighted by Crippen LogP contribution is 2.14. The second-order valence-corrected chi connectivity index (χ2v) is 16.0. The van der Waals surface area contributed by atoms with Gasteiger partial charge in [-0.1, -0.05) is 259 Å². The predicted octanol–water partition coefficient (Wildman–Crippen LogP) is 16.9. The number of unbranched alkanes of at least 4 members (excludes halogenated alkanes) is 36. The molecular weight excluding hydrogens is 625 g/mol. The van der Waals surface area contributed by atoms with Gasteiger partial charge >= 0.3 is 0 Å². The van der Waals surface area contributed by atoms with Crippen LogP contribution in [-0.2, 0) is 9.47 Å². The van der Waals surface area contributed by atoms with Crippen LogP contribution < -0.4 is 0 Å². The summed E-state index contributed by atoms with van der Waals surface area (Å²) in [6, 6.07) is 0. The summed E-state index contributed by atoms with van der Waals surface area (Å²) < 4.78 is 11.6. The highest BCUT2D eigenvalue weighted by Gasteiger charge is 1.97. The molecule has 0 atom stereocenters. The van der Waals surface area contributed by atoms with Gasteiger partial charge < -0.3 is 14.9 Å². The normalized spacial score (nSPS) is 11.1. The van der Waals surface area contributed by atoms with Crippen molar-refractivity contribution < 1.29 is 14.9 Å². The van der Waals surface area contributed by atoms with E-state index in [1.807, 2.05) is 0 Å². The van der Waals surface area contributed by atoms with Crippen LogP contribution in [0.25, 0.3) is 0 Å². The Labute approximate surface area is 325 Å². The Morgan fingerprint density at radius 3 is 0.431 bits per heavy atom.